The Morgan fingerprint density at radius 1 is 1.40 bits per heavy atom. The zero-order valence-electron chi connectivity index (χ0n) is 12.5. The highest BCUT2D eigenvalue weighted by Gasteiger charge is 2.24. The maximum atomic E-state index is 11.7. The van der Waals surface area contributed by atoms with E-state index in [-0.39, 0.29) is 5.91 Å². The van der Waals surface area contributed by atoms with Crippen molar-refractivity contribution in [1.82, 2.24) is 15.1 Å². The van der Waals surface area contributed by atoms with E-state index in [9.17, 15) is 4.79 Å². The van der Waals surface area contributed by atoms with E-state index in [1.165, 1.54) is 5.56 Å². The largest absolute Gasteiger partial charge is 0.354 e. The molecule has 4 nitrogen and oxygen atoms in total. The molecule has 112 valence electrons. The van der Waals surface area contributed by atoms with Gasteiger partial charge in [-0.3, -0.25) is 9.69 Å². The zero-order chi connectivity index (χ0) is 14.4. The highest BCUT2D eigenvalue weighted by molar-refractivity contribution is 7.07. The third kappa shape index (κ3) is 4.30. The summed E-state index contributed by atoms with van der Waals surface area (Å²) in [4.78, 5) is 16.6. The fourth-order valence-corrected chi connectivity index (χ4v) is 3.29. The Morgan fingerprint density at radius 3 is 2.75 bits per heavy atom. The summed E-state index contributed by atoms with van der Waals surface area (Å²) >= 11 is 1.73. The van der Waals surface area contributed by atoms with E-state index in [1.54, 1.807) is 11.3 Å². The van der Waals surface area contributed by atoms with Gasteiger partial charge in [-0.1, -0.05) is 6.92 Å². The van der Waals surface area contributed by atoms with Crippen LogP contribution >= 0.6 is 11.3 Å². The number of nitrogens with zero attached hydrogens (tertiary/aromatic N) is 2. The lowest BCUT2D eigenvalue weighted by Gasteiger charge is -2.38. The molecule has 0 radical (unpaired) electrons. The lowest BCUT2D eigenvalue weighted by molar-refractivity contribution is -0.121. The molecule has 1 unspecified atom stereocenters. The molecule has 0 bridgehead atoms. The van der Waals surface area contributed by atoms with E-state index in [4.69, 9.17) is 0 Å². The van der Waals surface area contributed by atoms with Gasteiger partial charge in [0.1, 0.15) is 0 Å². The smallest absolute Gasteiger partial charge is 0.220 e. The summed E-state index contributed by atoms with van der Waals surface area (Å²) < 4.78 is 0. The number of nitrogens with one attached hydrogen (secondary N) is 1. The number of likely N-dealkylation sites (N-methyl/N-ethyl adjacent to an activating group) is 1. The summed E-state index contributed by atoms with van der Waals surface area (Å²) in [6.45, 7) is 7.10. The topological polar surface area (TPSA) is 35.6 Å². The Kier molecular flexibility index (Phi) is 6.01. The summed E-state index contributed by atoms with van der Waals surface area (Å²) in [5.74, 6) is 0.168. The van der Waals surface area contributed by atoms with Gasteiger partial charge in [0.15, 0.2) is 0 Å². The molecule has 1 N–H and O–H groups in total. The molecular weight excluding hydrogens is 270 g/mol. The molecule has 0 saturated carbocycles. The van der Waals surface area contributed by atoms with Gasteiger partial charge in [0.2, 0.25) is 5.91 Å². The predicted molar refractivity (Wildman–Crippen MR) is 84.0 cm³/mol. The summed E-state index contributed by atoms with van der Waals surface area (Å²) in [6, 6.07) is 2.50. The van der Waals surface area contributed by atoms with Gasteiger partial charge in [-0.15, -0.1) is 0 Å². The second kappa shape index (κ2) is 7.76. The number of piperazine rings is 1. The minimum atomic E-state index is 0.168. The Balaban J connectivity index is 1.96. The minimum absolute atomic E-state index is 0.168. The van der Waals surface area contributed by atoms with Crippen molar-refractivity contribution in [3.63, 3.8) is 0 Å². The molecule has 1 aromatic rings. The van der Waals surface area contributed by atoms with Crippen molar-refractivity contribution in [3.05, 3.63) is 22.4 Å². The molecule has 1 fully saturated rings. The third-order valence-electron chi connectivity index (χ3n) is 3.88. The Morgan fingerprint density at radius 2 is 2.15 bits per heavy atom. The van der Waals surface area contributed by atoms with Gasteiger partial charge in [0.05, 0.1) is 6.04 Å². The van der Waals surface area contributed by atoms with Crippen LogP contribution in [0, 0.1) is 0 Å². The number of rotatable bonds is 6. The highest BCUT2D eigenvalue weighted by atomic mass is 32.1. The molecule has 5 heteroatoms. The van der Waals surface area contributed by atoms with E-state index in [0.717, 1.165) is 39.1 Å². The molecule has 2 rings (SSSR count). The van der Waals surface area contributed by atoms with E-state index < -0.39 is 0 Å². The van der Waals surface area contributed by atoms with Crippen molar-refractivity contribution in [3.8, 4) is 0 Å². The van der Waals surface area contributed by atoms with E-state index >= 15 is 0 Å². The fraction of sp³-hybridized carbons (Fsp3) is 0.667. The van der Waals surface area contributed by atoms with Crippen LogP contribution in [0.5, 0.6) is 0 Å². The Bertz CT molecular complexity index is 399. The van der Waals surface area contributed by atoms with Crippen LogP contribution in [0.1, 0.15) is 31.4 Å². The van der Waals surface area contributed by atoms with Gasteiger partial charge >= 0.3 is 0 Å². The van der Waals surface area contributed by atoms with Gasteiger partial charge < -0.3 is 10.2 Å². The Labute approximate surface area is 125 Å². The van der Waals surface area contributed by atoms with Gasteiger partial charge in [-0.2, -0.15) is 11.3 Å². The average Bonchev–Trinajstić information content (AvgIpc) is 2.95. The van der Waals surface area contributed by atoms with Crippen LogP contribution in [-0.4, -0.2) is 55.5 Å². The van der Waals surface area contributed by atoms with Crippen LogP contribution in [0.3, 0.4) is 0 Å². The standard InChI is InChI=1S/C15H25N3OS/c1-3-4-15(19)16-11-14(13-5-10-20-12-13)18-8-6-17(2)7-9-18/h5,10,12,14H,3-4,6-9,11H2,1-2H3,(H,16,19). The van der Waals surface area contributed by atoms with Crippen molar-refractivity contribution in [1.29, 1.82) is 0 Å². The first kappa shape index (κ1) is 15.5. The molecule has 1 aliphatic heterocycles. The van der Waals surface area contributed by atoms with Crippen LogP contribution in [0.25, 0.3) is 0 Å². The van der Waals surface area contributed by atoms with Crippen LogP contribution in [0.15, 0.2) is 16.8 Å². The third-order valence-corrected chi connectivity index (χ3v) is 4.58. The first-order valence-corrected chi connectivity index (χ1v) is 8.36. The van der Waals surface area contributed by atoms with Crippen molar-refractivity contribution >= 4 is 17.2 Å². The zero-order valence-corrected chi connectivity index (χ0v) is 13.3. The average molecular weight is 295 g/mol. The van der Waals surface area contributed by atoms with E-state index in [0.29, 0.717) is 12.5 Å². The fourth-order valence-electron chi connectivity index (χ4n) is 2.58. The van der Waals surface area contributed by atoms with Crippen LogP contribution < -0.4 is 5.32 Å². The molecule has 1 amide bonds. The molecule has 0 aliphatic carbocycles. The molecule has 1 atom stereocenters. The number of carbonyl (C=O) groups is 1. The molecular formula is C15H25N3OS. The number of amides is 1. The van der Waals surface area contributed by atoms with Crippen LogP contribution in [-0.2, 0) is 4.79 Å². The van der Waals surface area contributed by atoms with Gasteiger partial charge in [0, 0.05) is 39.1 Å². The molecule has 1 aromatic heterocycles. The monoisotopic (exact) mass is 295 g/mol. The van der Waals surface area contributed by atoms with Crippen molar-refractivity contribution in [2.75, 3.05) is 39.8 Å². The lowest BCUT2D eigenvalue weighted by Crippen LogP contribution is -2.48. The maximum absolute atomic E-state index is 11.7. The Hall–Kier alpha value is -0.910. The number of thiophene rings is 1. The first-order valence-electron chi connectivity index (χ1n) is 7.42. The second-order valence-corrected chi connectivity index (χ2v) is 6.25. The first-order chi connectivity index (χ1) is 9.70. The SMILES string of the molecule is CCCC(=O)NCC(c1ccsc1)N1CCN(C)CC1. The summed E-state index contributed by atoms with van der Waals surface area (Å²) in [5.41, 5.74) is 1.33. The van der Waals surface area contributed by atoms with E-state index in [1.807, 2.05) is 6.92 Å². The number of hydrogen-bond donors (Lipinski definition) is 1. The molecule has 2 heterocycles. The number of hydrogen-bond acceptors (Lipinski definition) is 4. The van der Waals surface area contributed by atoms with Crippen molar-refractivity contribution < 1.29 is 4.79 Å². The van der Waals surface area contributed by atoms with Gasteiger partial charge in [-0.05, 0) is 35.9 Å². The lowest BCUT2D eigenvalue weighted by atomic mass is 10.1. The van der Waals surface area contributed by atoms with Crippen LogP contribution in [0.4, 0.5) is 0 Å². The normalized spacial score (nSPS) is 18.9. The summed E-state index contributed by atoms with van der Waals surface area (Å²) in [6.07, 6.45) is 1.53. The maximum Gasteiger partial charge on any atom is 0.220 e. The predicted octanol–water partition coefficient (Wildman–Crippen LogP) is 1.95. The molecule has 0 aromatic carbocycles. The molecule has 1 aliphatic rings. The van der Waals surface area contributed by atoms with Gasteiger partial charge in [-0.25, -0.2) is 0 Å². The molecule has 0 spiro atoms. The van der Waals surface area contributed by atoms with Crippen molar-refractivity contribution in [2.24, 2.45) is 0 Å². The minimum Gasteiger partial charge on any atom is -0.354 e. The highest BCUT2D eigenvalue weighted by Crippen LogP contribution is 2.23. The second-order valence-electron chi connectivity index (χ2n) is 5.47. The van der Waals surface area contributed by atoms with Crippen LogP contribution in [0.2, 0.25) is 0 Å². The quantitative estimate of drug-likeness (QED) is 0.871. The van der Waals surface area contributed by atoms with E-state index in [2.05, 4.69) is 39.0 Å². The molecule has 1 saturated heterocycles. The summed E-state index contributed by atoms with van der Waals surface area (Å²) in [5, 5.41) is 7.41. The van der Waals surface area contributed by atoms with Gasteiger partial charge in [0.25, 0.3) is 0 Å². The summed E-state index contributed by atoms with van der Waals surface area (Å²) in [7, 11) is 2.17. The van der Waals surface area contributed by atoms with Crippen molar-refractivity contribution in [2.45, 2.75) is 25.8 Å². The molecule has 20 heavy (non-hydrogen) atoms. The number of carbonyl (C=O) groups excluding carboxylic acids is 1.